The minimum absolute atomic E-state index is 0.143. The van der Waals surface area contributed by atoms with Gasteiger partial charge in [0.05, 0.1) is 0 Å². The summed E-state index contributed by atoms with van der Waals surface area (Å²) in [6, 6.07) is 0. The molecule has 0 amide bonds. The lowest BCUT2D eigenvalue weighted by Crippen LogP contribution is -2.21. The third-order valence-corrected chi connectivity index (χ3v) is 3.82. The first-order valence-electron chi connectivity index (χ1n) is 3.98. The number of hydrogen-bond acceptors (Lipinski definition) is 6. The molecule has 76 valence electrons. The number of aryl methyl sites for hydroxylation is 1. The van der Waals surface area contributed by atoms with Crippen molar-refractivity contribution in [2.45, 2.75) is 30.4 Å². The van der Waals surface area contributed by atoms with Crippen LogP contribution < -0.4 is 0 Å². The van der Waals surface area contributed by atoms with Crippen LogP contribution in [0.5, 0.6) is 0 Å². The van der Waals surface area contributed by atoms with E-state index < -0.39 is 5.25 Å². The Morgan fingerprint density at radius 2 is 1.86 bits per heavy atom. The van der Waals surface area contributed by atoms with Crippen molar-refractivity contribution >= 4 is 34.7 Å². The van der Waals surface area contributed by atoms with Gasteiger partial charge in [-0.1, -0.05) is 23.1 Å². The fourth-order valence-corrected chi connectivity index (χ4v) is 2.76. The molecule has 0 radical (unpaired) electrons. The molecule has 0 unspecified atom stereocenters. The highest BCUT2D eigenvalue weighted by Gasteiger charge is 2.22. The first-order chi connectivity index (χ1) is 6.50. The third kappa shape index (κ3) is 2.88. The number of nitrogens with zero attached hydrogens (tertiary/aromatic N) is 2. The van der Waals surface area contributed by atoms with Crippen LogP contribution in [-0.2, 0) is 9.59 Å². The second kappa shape index (κ2) is 4.65. The highest BCUT2D eigenvalue weighted by atomic mass is 32.2. The quantitative estimate of drug-likeness (QED) is 0.579. The van der Waals surface area contributed by atoms with Gasteiger partial charge in [-0.05, 0) is 20.8 Å². The van der Waals surface area contributed by atoms with Crippen molar-refractivity contribution in [1.82, 2.24) is 10.2 Å². The molecular formula is C8H10N2O2S2. The van der Waals surface area contributed by atoms with E-state index in [2.05, 4.69) is 10.2 Å². The lowest BCUT2D eigenvalue weighted by Gasteiger charge is -2.05. The van der Waals surface area contributed by atoms with Gasteiger partial charge in [-0.15, -0.1) is 10.2 Å². The zero-order chi connectivity index (χ0) is 10.7. The number of hydrogen-bond donors (Lipinski definition) is 0. The molecule has 0 saturated heterocycles. The van der Waals surface area contributed by atoms with E-state index in [4.69, 9.17) is 0 Å². The largest absolute Gasteiger partial charge is 0.298 e. The standard InChI is InChI=1S/C8H10N2O2S2/c1-4(11)7(5(2)12)14-8-10-9-6(3)13-8/h7H,1-3H3. The smallest absolute Gasteiger partial charge is 0.175 e. The van der Waals surface area contributed by atoms with Crippen molar-refractivity contribution in [3.63, 3.8) is 0 Å². The Balaban J connectivity index is 2.74. The SMILES string of the molecule is CC(=O)C(Sc1nnc(C)s1)C(C)=O. The molecule has 1 heterocycles. The van der Waals surface area contributed by atoms with Gasteiger partial charge < -0.3 is 0 Å². The van der Waals surface area contributed by atoms with Gasteiger partial charge in [-0.2, -0.15) is 0 Å². The summed E-state index contributed by atoms with van der Waals surface area (Å²) in [5, 5.41) is 7.86. The van der Waals surface area contributed by atoms with E-state index in [0.717, 1.165) is 5.01 Å². The number of Topliss-reactive ketones (excluding diaryl/α,β-unsaturated/α-hetero) is 2. The number of thioether (sulfide) groups is 1. The summed E-state index contributed by atoms with van der Waals surface area (Å²) in [4.78, 5) is 22.2. The van der Waals surface area contributed by atoms with Gasteiger partial charge in [0.15, 0.2) is 15.9 Å². The molecule has 0 spiro atoms. The zero-order valence-electron chi connectivity index (χ0n) is 8.10. The Morgan fingerprint density at radius 1 is 1.29 bits per heavy atom. The Bertz CT molecular complexity index is 348. The topological polar surface area (TPSA) is 59.9 Å². The molecule has 14 heavy (non-hydrogen) atoms. The third-order valence-electron chi connectivity index (χ3n) is 1.46. The first-order valence-corrected chi connectivity index (χ1v) is 5.68. The highest BCUT2D eigenvalue weighted by molar-refractivity contribution is 8.03. The number of carbonyl (C=O) groups excluding carboxylic acids is 2. The van der Waals surface area contributed by atoms with Crippen molar-refractivity contribution in [2.24, 2.45) is 0 Å². The molecule has 0 aliphatic carbocycles. The Labute approximate surface area is 90.1 Å². The molecule has 0 N–H and O–H groups in total. The lowest BCUT2D eigenvalue weighted by molar-refractivity contribution is -0.123. The highest BCUT2D eigenvalue weighted by Crippen LogP contribution is 2.27. The Hall–Kier alpha value is -0.750. The van der Waals surface area contributed by atoms with Crippen LogP contribution in [0.3, 0.4) is 0 Å². The van der Waals surface area contributed by atoms with E-state index >= 15 is 0 Å². The maximum atomic E-state index is 11.1. The van der Waals surface area contributed by atoms with Crippen molar-refractivity contribution in [2.75, 3.05) is 0 Å². The lowest BCUT2D eigenvalue weighted by atomic mass is 10.2. The molecule has 1 aromatic heterocycles. The van der Waals surface area contributed by atoms with E-state index in [0.29, 0.717) is 4.34 Å². The summed E-state index contributed by atoms with van der Waals surface area (Å²) < 4.78 is 0.665. The van der Waals surface area contributed by atoms with Crippen LogP contribution in [0.4, 0.5) is 0 Å². The van der Waals surface area contributed by atoms with Crippen molar-refractivity contribution < 1.29 is 9.59 Å². The van der Waals surface area contributed by atoms with Gasteiger partial charge in [-0.25, -0.2) is 0 Å². The molecule has 0 atom stereocenters. The van der Waals surface area contributed by atoms with Crippen molar-refractivity contribution in [3.05, 3.63) is 5.01 Å². The van der Waals surface area contributed by atoms with E-state index in [1.54, 1.807) is 0 Å². The van der Waals surface area contributed by atoms with Crippen molar-refractivity contribution in [1.29, 1.82) is 0 Å². The molecule has 0 aliphatic heterocycles. The predicted octanol–water partition coefficient (Wildman–Crippen LogP) is 1.49. The van der Waals surface area contributed by atoms with Gasteiger partial charge in [0.2, 0.25) is 0 Å². The second-order valence-corrected chi connectivity index (χ2v) is 5.34. The fraction of sp³-hybridized carbons (Fsp3) is 0.500. The summed E-state index contributed by atoms with van der Waals surface area (Å²) in [5.74, 6) is -0.286. The van der Waals surface area contributed by atoms with Gasteiger partial charge in [-0.3, -0.25) is 9.59 Å². The molecule has 4 nitrogen and oxygen atoms in total. The maximum Gasteiger partial charge on any atom is 0.175 e. The maximum absolute atomic E-state index is 11.1. The average Bonchev–Trinajstić information content (AvgIpc) is 2.46. The van der Waals surface area contributed by atoms with Crippen LogP contribution >= 0.6 is 23.1 Å². The molecule has 0 fully saturated rings. The van der Waals surface area contributed by atoms with Crippen LogP contribution in [0.15, 0.2) is 4.34 Å². The Kier molecular flexibility index (Phi) is 3.77. The van der Waals surface area contributed by atoms with Crippen molar-refractivity contribution in [3.8, 4) is 0 Å². The minimum atomic E-state index is -0.637. The van der Waals surface area contributed by atoms with Gasteiger partial charge in [0, 0.05) is 0 Å². The summed E-state index contributed by atoms with van der Waals surface area (Å²) in [7, 11) is 0. The molecule has 0 aromatic carbocycles. The van der Waals surface area contributed by atoms with E-state index in [9.17, 15) is 9.59 Å². The average molecular weight is 230 g/mol. The fourth-order valence-electron chi connectivity index (χ4n) is 0.879. The van der Waals surface area contributed by atoms with Gasteiger partial charge in [0.1, 0.15) is 10.3 Å². The molecule has 0 bridgehead atoms. The number of rotatable bonds is 4. The summed E-state index contributed by atoms with van der Waals surface area (Å²) >= 11 is 2.56. The van der Waals surface area contributed by atoms with Crippen LogP contribution in [0.25, 0.3) is 0 Å². The Morgan fingerprint density at radius 3 is 2.21 bits per heavy atom. The molecule has 1 rings (SSSR count). The predicted molar refractivity (Wildman–Crippen MR) is 55.7 cm³/mol. The van der Waals surface area contributed by atoms with E-state index in [1.165, 1.54) is 36.9 Å². The number of aromatic nitrogens is 2. The van der Waals surface area contributed by atoms with E-state index in [1.807, 2.05) is 6.92 Å². The van der Waals surface area contributed by atoms with Crippen LogP contribution in [0.1, 0.15) is 18.9 Å². The zero-order valence-corrected chi connectivity index (χ0v) is 9.74. The molecule has 0 saturated carbocycles. The summed E-state index contributed by atoms with van der Waals surface area (Å²) in [5.41, 5.74) is 0. The molecule has 6 heteroatoms. The number of carbonyl (C=O) groups is 2. The molecule has 0 aliphatic rings. The van der Waals surface area contributed by atoms with Gasteiger partial charge >= 0.3 is 0 Å². The second-order valence-electron chi connectivity index (χ2n) is 2.81. The summed E-state index contributed by atoms with van der Waals surface area (Å²) in [6.07, 6.45) is 0. The molecule has 1 aromatic rings. The van der Waals surface area contributed by atoms with Crippen LogP contribution in [0.2, 0.25) is 0 Å². The first kappa shape index (κ1) is 11.3. The van der Waals surface area contributed by atoms with Gasteiger partial charge in [0.25, 0.3) is 0 Å². The molecular weight excluding hydrogens is 220 g/mol. The normalized spacial score (nSPS) is 10.6. The monoisotopic (exact) mass is 230 g/mol. The van der Waals surface area contributed by atoms with E-state index in [-0.39, 0.29) is 11.6 Å². The number of ketones is 2. The van der Waals surface area contributed by atoms with Crippen LogP contribution in [-0.4, -0.2) is 27.0 Å². The minimum Gasteiger partial charge on any atom is -0.298 e. The summed E-state index contributed by atoms with van der Waals surface area (Å²) in [6.45, 7) is 4.65. The van der Waals surface area contributed by atoms with Crippen LogP contribution in [0, 0.1) is 6.92 Å².